The summed E-state index contributed by atoms with van der Waals surface area (Å²) in [6.45, 7) is 0.751. The fourth-order valence-corrected chi connectivity index (χ4v) is 3.37. The van der Waals surface area contributed by atoms with E-state index in [0.29, 0.717) is 6.04 Å². The van der Waals surface area contributed by atoms with Crippen molar-refractivity contribution in [2.24, 2.45) is 7.05 Å². The maximum absolute atomic E-state index is 4.28. The van der Waals surface area contributed by atoms with E-state index in [1.54, 1.807) is 15.9 Å². The molecule has 0 saturated carbocycles. The van der Waals surface area contributed by atoms with E-state index in [1.807, 2.05) is 18.4 Å². The first kappa shape index (κ1) is 10.9. The molecule has 2 aromatic heterocycles. The Bertz CT molecular complexity index is 502. The van der Waals surface area contributed by atoms with Gasteiger partial charge < -0.3 is 5.32 Å². The Kier molecular flexibility index (Phi) is 2.94. The molecule has 2 aromatic rings. The van der Waals surface area contributed by atoms with Gasteiger partial charge in [0.2, 0.25) is 0 Å². The molecule has 1 N–H and O–H groups in total. The standard InChI is InChI=1S/C12H16N4S/c1-16-8-14-12(15-16)7-13-10-3-2-4-11-9(10)5-6-17-11/h5-6,8,10,13H,2-4,7H2,1H3. The minimum absolute atomic E-state index is 0.480. The molecule has 0 aromatic carbocycles. The highest BCUT2D eigenvalue weighted by atomic mass is 32.1. The molecule has 0 amide bonds. The SMILES string of the molecule is Cn1cnc(CNC2CCCc3sccc32)n1. The first-order chi connectivity index (χ1) is 8.33. The number of aryl methyl sites for hydroxylation is 2. The van der Waals surface area contributed by atoms with Crippen LogP contribution in [0.1, 0.15) is 35.1 Å². The average Bonchev–Trinajstić information content (AvgIpc) is 2.94. The van der Waals surface area contributed by atoms with Crippen LogP contribution in [0.25, 0.3) is 0 Å². The molecule has 1 aliphatic rings. The van der Waals surface area contributed by atoms with Crippen molar-refractivity contribution in [2.45, 2.75) is 31.8 Å². The summed E-state index contributed by atoms with van der Waals surface area (Å²) in [5, 5.41) is 10.0. The number of nitrogens with one attached hydrogen (secondary N) is 1. The van der Waals surface area contributed by atoms with Crippen LogP contribution in [-0.4, -0.2) is 14.8 Å². The summed E-state index contributed by atoms with van der Waals surface area (Å²) in [4.78, 5) is 5.78. The minimum Gasteiger partial charge on any atom is -0.303 e. The van der Waals surface area contributed by atoms with Gasteiger partial charge >= 0.3 is 0 Å². The topological polar surface area (TPSA) is 42.7 Å². The summed E-state index contributed by atoms with van der Waals surface area (Å²) in [5.41, 5.74) is 1.48. The highest BCUT2D eigenvalue weighted by Crippen LogP contribution is 2.33. The Morgan fingerprint density at radius 3 is 3.35 bits per heavy atom. The van der Waals surface area contributed by atoms with Gasteiger partial charge in [-0.05, 0) is 36.3 Å². The third-order valence-corrected chi connectivity index (χ3v) is 4.20. The summed E-state index contributed by atoms with van der Waals surface area (Å²) >= 11 is 1.88. The first-order valence-electron chi connectivity index (χ1n) is 5.97. The van der Waals surface area contributed by atoms with Gasteiger partial charge in [-0.15, -0.1) is 11.3 Å². The normalized spacial score (nSPS) is 19.2. The van der Waals surface area contributed by atoms with E-state index in [-0.39, 0.29) is 0 Å². The highest BCUT2D eigenvalue weighted by molar-refractivity contribution is 7.10. The van der Waals surface area contributed by atoms with Crippen LogP contribution >= 0.6 is 11.3 Å². The zero-order valence-corrected chi connectivity index (χ0v) is 10.7. The third kappa shape index (κ3) is 2.25. The Labute approximate surface area is 105 Å². The van der Waals surface area contributed by atoms with E-state index < -0.39 is 0 Å². The van der Waals surface area contributed by atoms with E-state index in [1.165, 1.54) is 24.8 Å². The molecule has 0 saturated heterocycles. The Balaban J connectivity index is 1.67. The molecule has 4 nitrogen and oxygen atoms in total. The van der Waals surface area contributed by atoms with Gasteiger partial charge in [-0.2, -0.15) is 5.10 Å². The van der Waals surface area contributed by atoms with Gasteiger partial charge in [0.15, 0.2) is 5.82 Å². The highest BCUT2D eigenvalue weighted by Gasteiger charge is 2.20. The predicted molar refractivity (Wildman–Crippen MR) is 67.8 cm³/mol. The van der Waals surface area contributed by atoms with Gasteiger partial charge in [-0.1, -0.05) is 0 Å². The molecule has 2 heterocycles. The molecule has 1 unspecified atom stereocenters. The monoisotopic (exact) mass is 248 g/mol. The van der Waals surface area contributed by atoms with Crippen molar-refractivity contribution >= 4 is 11.3 Å². The van der Waals surface area contributed by atoms with E-state index in [9.17, 15) is 0 Å². The Morgan fingerprint density at radius 2 is 2.53 bits per heavy atom. The van der Waals surface area contributed by atoms with Crippen molar-refractivity contribution in [2.75, 3.05) is 0 Å². The molecule has 1 aliphatic carbocycles. The van der Waals surface area contributed by atoms with Crippen LogP contribution in [0.3, 0.4) is 0 Å². The zero-order valence-electron chi connectivity index (χ0n) is 9.89. The number of nitrogens with zero attached hydrogens (tertiary/aromatic N) is 3. The van der Waals surface area contributed by atoms with Crippen LogP contribution in [0, 0.1) is 0 Å². The van der Waals surface area contributed by atoms with Crippen LogP contribution in [-0.2, 0) is 20.0 Å². The second-order valence-corrected chi connectivity index (χ2v) is 5.46. The summed E-state index contributed by atoms with van der Waals surface area (Å²) in [7, 11) is 1.90. The summed E-state index contributed by atoms with van der Waals surface area (Å²) < 4.78 is 1.74. The van der Waals surface area contributed by atoms with Crippen LogP contribution in [0.5, 0.6) is 0 Å². The van der Waals surface area contributed by atoms with E-state index >= 15 is 0 Å². The van der Waals surface area contributed by atoms with Gasteiger partial charge in [0.25, 0.3) is 0 Å². The van der Waals surface area contributed by atoms with Gasteiger partial charge in [-0.25, -0.2) is 4.98 Å². The van der Waals surface area contributed by atoms with Crippen molar-refractivity contribution in [3.63, 3.8) is 0 Å². The van der Waals surface area contributed by atoms with E-state index in [4.69, 9.17) is 0 Å². The van der Waals surface area contributed by atoms with Gasteiger partial charge in [0, 0.05) is 18.0 Å². The van der Waals surface area contributed by atoms with Gasteiger partial charge in [0.1, 0.15) is 6.33 Å². The van der Waals surface area contributed by atoms with Gasteiger partial charge in [0.05, 0.1) is 6.54 Å². The summed E-state index contributed by atoms with van der Waals surface area (Å²) in [5.74, 6) is 0.870. The molecule has 1 atom stereocenters. The Morgan fingerprint density at radius 1 is 1.59 bits per heavy atom. The first-order valence-corrected chi connectivity index (χ1v) is 6.85. The zero-order chi connectivity index (χ0) is 11.7. The lowest BCUT2D eigenvalue weighted by molar-refractivity contribution is 0.456. The molecule has 0 aliphatic heterocycles. The van der Waals surface area contributed by atoms with Crippen LogP contribution < -0.4 is 5.32 Å². The second kappa shape index (κ2) is 4.58. The molecule has 5 heteroatoms. The molecule has 17 heavy (non-hydrogen) atoms. The van der Waals surface area contributed by atoms with Crippen molar-refractivity contribution < 1.29 is 0 Å². The fraction of sp³-hybridized carbons (Fsp3) is 0.500. The molecule has 3 rings (SSSR count). The van der Waals surface area contributed by atoms with Crippen LogP contribution in [0.4, 0.5) is 0 Å². The Hall–Kier alpha value is -1.20. The van der Waals surface area contributed by atoms with Crippen molar-refractivity contribution in [3.05, 3.63) is 34.0 Å². The molecule has 0 spiro atoms. The lowest BCUT2D eigenvalue weighted by Crippen LogP contribution is -2.24. The second-order valence-electron chi connectivity index (χ2n) is 4.46. The number of fused-ring (bicyclic) bond motifs is 1. The predicted octanol–water partition coefficient (Wildman–Crippen LogP) is 2.04. The number of hydrogen-bond acceptors (Lipinski definition) is 4. The molecular formula is C12H16N4S. The quantitative estimate of drug-likeness (QED) is 0.904. The van der Waals surface area contributed by atoms with Crippen molar-refractivity contribution in [1.29, 1.82) is 0 Å². The number of thiophene rings is 1. The third-order valence-electron chi connectivity index (χ3n) is 3.21. The van der Waals surface area contributed by atoms with Crippen LogP contribution in [0.15, 0.2) is 17.8 Å². The lowest BCUT2D eigenvalue weighted by Gasteiger charge is -2.23. The summed E-state index contributed by atoms with van der Waals surface area (Å²) in [6, 6.07) is 2.73. The average molecular weight is 248 g/mol. The van der Waals surface area contributed by atoms with E-state index in [0.717, 1.165) is 12.4 Å². The fourth-order valence-electron chi connectivity index (χ4n) is 2.38. The van der Waals surface area contributed by atoms with Crippen molar-refractivity contribution in [3.8, 4) is 0 Å². The minimum atomic E-state index is 0.480. The van der Waals surface area contributed by atoms with Crippen LogP contribution in [0.2, 0.25) is 0 Å². The molecule has 0 radical (unpaired) electrons. The molecular weight excluding hydrogens is 232 g/mol. The number of rotatable bonds is 3. The maximum Gasteiger partial charge on any atom is 0.164 e. The molecule has 0 bridgehead atoms. The summed E-state index contributed by atoms with van der Waals surface area (Å²) in [6.07, 6.45) is 5.48. The number of aromatic nitrogens is 3. The largest absolute Gasteiger partial charge is 0.303 e. The van der Waals surface area contributed by atoms with E-state index in [2.05, 4.69) is 26.8 Å². The van der Waals surface area contributed by atoms with Gasteiger partial charge in [-0.3, -0.25) is 4.68 Å². The van der Waals surface area contributed by atoms with Crippen molar-refractivity contribution in [1.82, 2.24) is 20.1 Å². The lowest BCUT2D eigenvalue weighted by atomic mass is 9.94. The maximum atomic E-state index is 4.28. The molecule has 90 valence electrons. The smallest absolute Gasteiger partial charge is 0.164 e. The molecule has 0 fully saturated rings. The number of hydrogen-bond donors (Lipinski definition) is 1.